The van der Waals surface area contributed by atoms with Crippen molar-refractivity contribution in [3.63, 3.8) is 0 Å². The Labute approximate surface area is 160 Å². The molecule has 1 aliphatic heterocycles. The topological polar surface area (TPSA) is 114 Å². The van der Waals surface area contributed by atoms with Crippen molar-refractivity contribution in [2.75, 3.05) is 19.1 Å². The van der Waals surface area contributed by atoms with Crippen LogP contribution in [0.5, 0.6) is 5.75 Å². The molecule has 0 atom stereocenters. The molecule has 2 aromatic rings. The number of hydrogen-bond donors (Lipinski definition) is 1. The molecule has 1 aliphatic rings. The van der Waals surface area contributed by atoms with E-state index in [0.29, 0.717) is 42.0 Å². The van der Waals surface area contributed by atoms with Crippen LogP contribution in [0.3, 0.4) is 0 Å². The van der Waals surface area contributed by atoms with Gasteiger partial charge in [0.25, 0.3) is 17.5 Å². The van der Waals surface area contributed by atoms with Gasteiger partial charge in [-0.1, -0.05) is 12.1 Å². The molecule has 2 amide bonds. The zero-order valence-electron chi connectivity index (χ0n) is 15.1. The van der Waals surface area contributed by atoms with E-state index in [1.807, 2.05) is 0 Å². The number of ether oxygens (including phenoxy) is 1. The molecule has 3 rings (SSSR count). The summed E-state index contributed by atoms with van der Waals surface area (Å²) in [5.41, 5.74) is 4.05. The zero-order chi connectivity index (χ0) is 20.1. The van der Waals surface area contributed by atoms with Crippen LogP contribution in [0.4, 0.5) is 11.4 Å². The molecule has 0 saturated heterocycles. The second-order valence-corrected chi connectivity index (χ2v) is 6.01. The highest BCUT2D eigenvalue weighted by molar-refractivity contribution is 6.21. The lowest BCUT2D eigenvalue weighted by molar-refractivity contribution is -0.384. The summed E-state index contributed by atoms with van der Waals surface area (Å²) in [7, 11) is 1.41. The van der Waals surface area contributed by atoms with Crippen molar-refractivity contribution in [3.8, 4) is 5.75 Å². The lowest BCUT2D eigenvalue weighted by Gasteiger charge is -2.12. The Morgan fingerprint density at radius 1 is 1.18 bits per heavy atom. The summed E-state index contributed by atoms with van der Waals surface area (Å²) >= 11 is 0. The number of non-ortho nitro benzene ring substituents is 1. The van der Waals surface area contributed by atoms with Crippen LogP contribution in [0.2, 0.25) is 0 Å². The van der Waals surface area contributed by atoms with Crippen LogP contribution in [0.25, 0.3) is 0 Å². The molecule has 0 bridgehead atoms. The third-order valence-electron chi connectivity index (χ3n) is 4.27. The number of nitrogens with zero attached hydrogens (tertiary/aromatic N) is 3. The molecule has 0 fully saturated rings. The maximum absolute atomic E-state index is 12.3. The minimum absolute atomic E-state index is 0.0766. The lowest BCUT2D eigenvalue weighted by atomic mass is 10.1. The number of hydrazone groups is 1. The highest BCUT2D eigenvalue weighted by atomic mass is 16.6. The third kappa shape index (κ3) is 3.83. The molecule has 0 radical (unpaired) electrons. The molecule has 1 heterocycles. The maximum atomic E-state index is 12.3. The Morgan fingerprint density at radius 3 is 2.46 bits per heavy atom. The summed E-state index contributed by atoms with van der Waals surface area (Å²) in [6.45, 7) is 0.305. The summed E-state index contributed by atoms with van der Waals surface area (Å²) in [5.74, 6) is -0.241. The number of nitrogens with one attached hydrogen (secondary N) is 1. The van der Waals surface area contributed by atoms with E-state index < -0.39 is 4.92 Å². The fraction of sp³-hybridized carbons (Fsp3) is 0.211. The standard InChI is InChI=1S/C19H18N4O5/c1-28-17-12-13(23(26)27)8-9-16(17)21-20-10-4-5-11-22-18(24)14-6-2-3-7-15(14)19(22)25/h2-3,6-10,12,21H,4-5,11H2,1H3. The first-order valence-corrected chi connectivity index (χ1v) is 8.58. The van der Waals surface area contributed by atoms with Crippen molar-refractivity contribution in [2.45, 2.75) is 12.8 Å². The van der Waals surface area contributed by atoms with Gasteiger partial charge in [0.2, 0.25) is 0 Å². The Balaban J connectivity index is 1.50. The van der Waals surface area contributed by atoms with Crippen LogP contribution in [0, 0.1) is 10.1 Å². The molecule has 0 unspecified atom stereocenters. The second-order valence-electron chi connectivity index (χ2n) is 6.01. The molecular formula is C19H18N4O5. The second kappa shape index (κ2) is 8.30. The number of benzene rings is 2. The van der Waals surface area contributed by atoms with Crippen molar-refractivity contribution >= 4 is 29.4 Å². The van der Waals surface area contributed by atoms with Gasteiger partial charge in [0, 0.05) is 18.8 Å². The van der Waals surface area contributed by atoms with E-state index in [1.54, 1.807) is 30.5 Å². The van der Waals surface area contributed by atoms with Gasteiger partial charge in [0.05, 0.1) is 34.9 Å². The smallest absolute Gasteiger partial charge is 0.273 e. The third-order valence-corrected chi connectivity index (χ3v) is 4.27. The van der Waals surface area contributed by atoms with Gasteiger partial charge < -0.3 is 4.74 Å². The first-order valence-electron chi connectivity index (χ1n) is 8.58. The Morgan fingerprint density at radius 2 is 1.86 bits per heavy atom. The average molecular weight is 382 g/mol. The predicted molar refractivity (Wildman–Crippen MR) is 103 cm³/mol. The normalized spacial score (nSPS) is 13.1. The number of methoxy groups -OCH3 is 1. The van der Waals surface area contributed by atoms with Gasteiger partial charge in [-0.05, 0) is 31.0 Å². The number of fused-ring (bicyclic) bond motifs is 1. The molecule has 0 aliphatic carbocycles. The van der Waals surface area contributed by atoms with E-state index in [1.165, 1.54) is 30.2 Å². The van der Waals surface area contributed by atoms with Crippen LogP contribution >= 0.6 is 0 Å². The number of nitro benzene ring substituents is 1. The van der Waals surface area contributed by atoms with Crippen molar-refractivity contribution in [1.82, 2.24) is 4.90 Å². The number of unbranched alkanes of at least 4 members (excludes halogenated alkanes) is 1. The zero-order valence-corrected chi connectivity index (χ0v) is 15.1. The van der Waals surface area contributed by atoms with Crippen LogP contribution in [0.1, 0.15) is 33.6 Å². The van der Waals surface area contributed by atoms with Crippen LogP contribution in [0.15, 0.2) is 47.6 Å². The molecule has 1 N–H and O–H groups in total. The van der Waals surface area contributed by atoms with E-state index in [9.17, 15) is 19.7 Å². The Kier molecular flexibility index (Phi) is 5.64. The predicted octanol–water partition coefficient (Wildman–Crippen LogP) is 3.08. The SMILES string of the molecule is COc1cc([N+](=O)[O-])ccc1NN=CCCCN1C(=O)c2ccccc2C1=O. The lowest BCUT2D eigenvalue weighted by Crippen LogP contribution is -2.30. The largest absolute Gasteiger partial charge is 0.494 e. The molecule has 0 saturated carbocycles. The summed E-state index contributed by atoms with van der Waals surface area (Å²) in [5, 5.41) is 14.8. The number of rotatable bonds is 8. The van der Waals surface area contributed by atoms with Gasteiger partial charge in [-0.3, -0.25) is 30.0 Å². The molecule has 0 spiro atoms. The quantitative estimate of drug-likeness (QED) is 0.247. The monoisotopic (exact) mass is 382 g/mol. The Bertz CT molecular complexity index is 922. The van der Waals surface area contributed by atoms with Crippen LogP contribution in [-0.2, 0) is 0 Å². The summed E-state index contributed by atoms with van der Waals surface area (Å²) in [6.07, 6.45) is 2.71. The number of carbonyl (C=O) groups excluding carboxylic acids is 2. The highest BCUT2D eigenvalue weighted by Crippen LogP contribution is 2.29. The fourth-order valence-corrected chi connectivity index (χ4v) is 2.85. The van der Waals surface area contributed by atoms with E-state index in [0.717, 1.165) is 0 Å². The van der Waals surface area contributed by atoms with E-state index in [4.69, 9.17) is 4.74 Å². The van der Waals surface area contributed by atoms with Crippen molar-refractivity contribution in [3.05, 3.63) is 63.7 Å². The van der Waals surface area contributed by atoms with E-state index >= 15 is 0 Å². The molecule has 28 heavy (non-hydrogen) atoms. The fourth-order valence-electron chi connectivity index (χ4n) is 2.85. The van der Waals surface area contributed by atoms with Gasteiger partial charge >= 0.3 is 0 Å². The van der Waals surface area contributed by atoms with Crippen molar-refractivity contribution in [2.24, 2.45) is 5.10 Å². The minimum atomic E-state index is -0.505. The maximum Gasteiger partial charge on any atom is 0.273 e. The van der Waals surface area contributed by atoms with Gasteiger partial charge in [-0.2, -0.15) is 5.10 Å². The number of nitro groups is 1. The number of amides is 2. The van der Waals surface area contributed by atoms with Gasteiger partial charge in [0.1, 0.15) is 0 Å². The van der Waals surface area contributed by atoms with Crippen LogP contribution < -0.4 is 10.2 Å². The number of imide groups is 1. The van der Waals surface area contributed by atoms with E-state index in [2.05, 4.69) is 10.5 Å². The van der Waals surface area contributed by atoms with E-state index in [-0.39, 0.29) is 17.5 Å². The summed E-state index contributed by atoms with van der Waals surface area (Å²) in [6, 6.07) is 10.9. The number of hydrogen-bond acceptors (Lipinski definition) is 7. The number of carbonyl (C=O) groups is 2. The molecule has 2 aromatic carbocycles. The average Bonchev–Trinajstić information content (AvgIpc) is 2.95. The first-order chi connectivity index (χ1) is 13.5. The van der Waals surface area contributed by atoms with Gasteiger partial charge in [-0.25, -0.2) is 0 Å². The van der Waals surface area contributed by atoms with Gasteiger partial charge in [0.15, 0.2) is 5.75 Å². The molecule has 9 heteroatoms. The highest BCUT2D eigenvalue weighted by Gasteiger charge is 2.34. The van der Waals surface area contributed by atoms with Crippen molar-refractivity contribution < 1.29 is 19.2 Å². The summed E-state index contributed by atoms with van der Waals surface area (Å²) < 4.78 is 5.11. The number of anilines is 1. The van der Waals surface area contributed by atoms with Crippen molar-refractivity contribution in [1.29, 1.82) is 0 Å². The molecular weight excluding hydrogens is 364 g/mol. The molecule has 0 aromatic heterocycles. The molecule has 144 valence electrons. The minimum Gasteiger partial charge on any atom is -0.494 e. The van der Waals surface area contributed by atoms with Crippen LogP contribution in [-0.4, -0.2) is 41.5 Å². The first kappa shape index (κ1) is 19.0. The van der Waals surface area contributed by atoms with Gasteiger partial charge in [-0.15, -0.1) is 0 Å². The summed E-state index contributed by atoms with van der Waals surface area (Å²) in [4.78, 5) is 36.0. The molecule has 9 nitrogen and oxygen atoms in total. The Hall–Kier alpha value is -3.75.